The Kier molecular flexibility index (Phi) is 6.85. The third-order valence-corrected chi connectivity index (χ3v) is 8.88. The van der Waals surface area contributed by atoms with Gasteiger partial charge in [-0.25, -0.2) is 19.6 Å². The first-order valence-corrected chi connectivity index (χ1v) is 15.1. The molecule has 2 aliphatic rings. The molecule has 2 atom stereocenters. The molecule has 3 aromatic carbocycles. The highest BCUT2D eigenvalue weighted by Crippen LogP contribution is 2.40. The first-order chi connectivity index (χ1) is 21.3. The summed E-state index contributed by atoms with van der Waals surface area (Å²) < 4.78 is 0. The van der Waals surface area contributed by atoms with Crippen LogP contribution in [0.3, 0.4) is 0 Å². The van der Waals surface area contributed by atoms with Crippen molar-refractivity contribution >= 4 is 57.0 Å². The molecule has 2 N–H and O–H groups in total. The van der Waals surface area contributed by atoms with Crippen LogP contribution in [-0.2, 0) is 12.8 Å². The highest BCUT2D eigenvalue weighted by atomic mass is 16.4. The minimum absolute atomic E-state index is 0.298. The summed E-state index contributed by atoms with van der Waals surface area (Å²) in [6, 6.07) is 23.2. The molecule has 0 bridgehead atoms. The van der Waals surface area contributed by atoms with E-state index in [9.17, 15) is 19.8 Å². The van der Waals surface area contributed by atoms with E-state index in [2.05, 4.69) is 50.3 Å². The Morgan fingerprint density at radius 1 is 0.614 bits per heavy atom. The fourth-order valence-corrected chi connectivity index (χ4v) is 7.05. The SMILES string of the molecule is CC1C/C(=C/c2ccc(/C=C3/CC(C)Cc4c3nc3ccccc3c4C(=O)O)cc2)c2nc3ccccc3c(C(=O)O)c2C1. The molecule has 2 aliphatic carbocycles. The maximum absolute atomic E-state index is 12.4. The Morgan fingerprint density at radius 3 is 1.39 bits per heavy atom. The van der Waals surface area contributed by atoms with Crippen LogP contribution in [0.15, 0.2) is 72.8 Å². The first kappa shape index (κ1) is 27.7. The Morgan fingerprint density at radius 2 is 1.00 bits per heavy atom. The molecule has 0 radical (unpaired) electrons. The molecule has 218 valence electrons. The molecule has 0 fully saturated rings. The molecule has 2 unspecified atom stereocenters. The van der Waals surface area contributed by atoms with Crippen molar-refractivity contribution in [2.45, 2.75) is 39.5 Å². The van der Waals surface area contributed by atoms with Gasteiger partial charge in [-0.3, -0.25) is 0 Å². The van der Waals surface area contributed by atoms with Crippen molar-refractivity contribution in [3.63, 3.8) is 0 Å². The van der Waals surface area contributed by atoms with E-state index in [1.54, 1.807) is 0 Å². The number of aromatic carboxylic acids is 2. The predicted molar refractivity (Wildman–Crippen MR) is 175 cm³/mol. The second-order valence-electron chi connectivity index (χ2n) is 12.3. The van der Waals surface area contributed by atoms with Crippen LogP contribution in [0.25, 0.3) is 45.1 Å². The van der Waals surface area contributed by atoms with Gasteiger partial charge in [0.05, 0.1) is 33.5 Å². The number of benzene rings is 3. The van der Waals surface area contributed by atoms with Gasteiger partial charge in [-0.2, -0.15) is 0 Å². The minimum Gasteiger partial charge on any atom is -0.478 e. The summed E-state index contributed by atoms with van der Waals surface area (Å²) in [6.45, 7) is 4.31. The van der Waals surface area contributed by atoms with E-state index in [0.717, 1.165) is 57.6 Å². The van der Waals surface area contributed by atoms with Crippen LogP contribution in [0.1, 0.15) is 81.0 Å². The smallest absolute Gasteiger partial charge is 0.336 e. The molecule has 5 aromatic rings. The number of carboxylic acids is 2. The van der Waals surface area contributed by atoms with Crippen molar-refractivity contribution in [2.75, 3.05) is 0 Å². The van der Waals surface area contributed by atoms with Gasteiger partial charge in [0.2, 0.25) is 0 Å². The molecule has 7 rings (SSSR count). The van der Waals surface area contributed by atoms with Gasteiger partial charge in [0.1, 0.15) is 0 Å². The van der Waals surface area contributed by atoms with Gasteiger partial charge >= 0.3 is 11.9 Å². The number of pyridine rings is 2. The molecule has 6 heteroatoms. The molecule has 2 heterocycles. The van der Waals surface area contributed by atoms with E-state index in [0.29, 0.717) is 57.6 Å². The zero-order valence-electron chi connectivity index (χ0n) is 24.7. The summed E-state index contributed by atoms with van der Waals surface area (Å²) in [5.74, 6) is -1.23. The van der Waals surface area contributed by atoms with Crippen molar-refractivity contribution in [2.24, 2.45) is 11.8 Å². The third-order valence-electron chi connectivity index (χ3n) is 8.88. The number of carboxylic acid groups (broad SMARTS) is 2. The van der Waals surface area contributed by atoms with Crippen molar-refractivity contribution in [3.8, 4) is 0 Å². The lowest BCUT2D eigenvalue weighted by Gasteiger charge is -2.26. The fraction of sp³-hybridized carbons (Fsp3) is 0.211. The van der Waals surface area contributed by atoms with E-state index in [1.165, 1.54) is 0 Å². The quantitative estimate of drug-likeness (QED) is 0.221. The van der Waals surface area contributed by atoms with Gasteiger partial charge in [0.15, 0.2) is 0 Å². The monoisotopic (exact) mass is 580 g/mol. The summed E-state index contributed by atoms with van der Waals surface area (Å²) >= 11 is 0. The Hall–Kier alpha value is -5.10. The Labute approximate surface area is 255 Å². The molecular formula is C38H32N2O4. The Bertz CT molecular complexity index is 1910. The molecule has 0 spiro atoms. The van der Waals surface area contributed by atoms with Crippen molar-refractivity contribution in [3.05, 3.63) is 118 Å². The van der Waals surface area contributed by atoms with E-state index < -0.39 is 11.9 Å². The number of carbonyl (C=O) groups is 2. The zero-order valence-corrected chi connectivity index (χ0v) is 24.7. The lowest BCUT2D eigenvalue weighted by atomic mass is 9.80. The fourth-order valence-electron chi connectivity index (χ4n) is 7.05. The van der Waals surface area contributed by atoms with Gasteiger partial charge in [-0.15, -0.1) is 0 Å². The molecule has 0 amide bonds. The summed E-state index contributed by atoms with van der Waals surface area (Å²) in [7, 11) is 0. The number of nitrogens with zero attached hydrogens (tertiary/aromatic N) is 2. The second kappa shape index (κ2) is 10.9. The molecule has 0 aliphatic heterocycles. The number of allylic oxidation sites excluding steroid dienone is 2. The summed E-state index contributed by atoms with van der Waals surface area (Å²) in [4.78, 5) is 34.7. The molecule has 0 saturated carbocycles. The van der Waals surface area contributed by atoms with E-state index >= 15 is 0 Å². The molecular weight excluding hydrogens is 548 g/mol. The van der Waals surface area contributed by atoms with Crippen LogP contribution in [0.5, 0.6) is 0 Å². The highest BCUT2D eigenvalue weighted by Gasteiger charge is 2.29. The topological polar surface area (TPSA) is 100 Å². The zero-order chi connectivity index (χ0) is 30.5. The van der Waals surface area contributed by atoms with Gasteiger partial charge in [0, 0.05) is 10.8 Å². The normalized spacial score (nSPS) is 19.7. The van der Waals surface area contributed by atoms with Crippen molar-refractivity contribution in [1.82, 2.24) is 9.97 Å². The van der Waals surface area contributed by atoms with Crippen molar-refractivity contribution < 1.29 is 19.8 Å². The predicted octanol–water partition coefficient (Wildman–Crippen LogP) is 8.43. The highest BCUT2D eigenvalue weighted by molar-refractivity contribution is 6.07. The largest absolute Gasteiger partial charge is 0.478 e. The van der Waals surface area contributed by atoms with Gasteiger partial charge in [-0.1, -0.05) is 74.5 Å². The number of aromatic nitrogens is 2. The number of hydrogen-bond donors (Lipinski definition) is 2. The van der Waals surface area contributed by atoms with Crippen molar-refractivity contribution in [1.29, 1.82) is 0 Å². The van der Waals surface area contributed by atoms with Gasteiger partial charge in [-0.05, 0) is 95.2 Å². The summed E-state index contributed by atoms with van der Waals surface area (Å²) in [5.41, 5.74) is 9.43. The number of rotatable bonds is 4. The number of hydrogen-bond acceptors (Lipinski definition) is 4. The second-order valence-corrected chi connectivity index (χ2v) is 12.3. The third kappa shape index (κ3) is 4.86. The molecule has 0 saturated heterocycles. The van der Waals surface area contributed by atoms with E-state index in [1.807, 2.05) is 48.5 Å². The standard InChI is InChI=1S/C38H32N2O4/c1-21-15-25(35-29(17-21)33(37(41)42)27-7-3-5-9-31(27)39-35)19-23-11-13-24(14-12-23)20-26-16-22(2)18-30-34(38(43)44)28-8-4-6-10-32(28)40-36(26)30/h3-14,19-22H,15-18H2,1-2H3,(H,41,42)(H,43,44)/b25-19-,26-20-. The van der Waals surface area contributed by atoms with Crippen LogP contribution >= 0.6 is 0 Å². The number of fused-ring (bicyclic) bond motifs is 4. The van der Waals surface area contributed by atoms with E-state index in [-0.39, 0.29) is 0 Å². The molecule has 2 aromatic heterocycles. The van der Waals surface area contributed by atoms with Crippen LogP contribution < -0.4 is 0 Å². The van der Waals surface area contributed by atoms with Gasteiger partial charge in [0.25, 0.3) is 0 Å². The summed E-state index contributed by atoms with van der Waals surface area (Å²) in [5, 5.41) is 21.7. The van der Waals surface area contributed by atoms with Crippen LogP contribution in [-0.4, -0.2) is 32.1 Å². The molecule has 44 heavy (non-hydrogen) atoms. The van der Waals surface area contributed by atoms with Crippen LogP contribution in [0, 0.1) is 11.8 Å². The van der Waals surface area contributed by atoms with Gasteiger partial charge < -0.3 is 10.2 Å². The lowest BCUT2D eigenvalue weighted by Crippen LogP contribution is -2.17. The average Bonchev–Trinajstić information content (AvgIpc) is 2.99. The average molecular weight is 581 g/mol. The van der Waals surface area contributed by atoms with Crippen LogP contribution in [0.2, 0.25) is 0 Å². The minimum atomic E-state index is -0.915. The maximum atomic E-state index is 12.4. The Balaban J connectivity index is 1.28. The van der Waals surface area contributed by atoms with Crippen LogP contribution in [0.4, 0.5) is 0 Å². The lowest BCUT2D eigenvalue weighted by molar-refractivity contribution is 0.0686. The van der Waals surface area contributed by atoms with E-state index in [4.69, 9.17) is 9.97 Å². The first-order valence-electron chi connectivity index (χ1n) is 15.1. The number of para-hydroxylation sites is 2. The summed E-state index contributed by atoms with van der Waals surface area (Å²) in [6.07, 6.45) is 7.27. The molecule has 6 nitrogen and oxygen atoms in total. The maximum Gasteiger partial charge on any atom is 0.336 e.